The average molecular weight is 189 g/mol. The zero-order valence-electron chi connectivity index (χ0n) is 9.35. The molecule has 0 spiro atoms. The summed E-state index contributed by atoms with van der Waals surface area (Å²) in [7, 11) is 2.78. The van der Waals surface area contributed by atoms with Gasteiger partial charge in [-0.25, -0.2) is 0 Å². The van der Waals surface area contributed by atoms with Crippen molar-refractivity contribution in [1.82, 2.24) is 4.90 Å². The predicted molar refractivity (Wildman–Crippen MR) is 57.1 cm³/mol. The molecular weight excluding hydrogens is 166 g/mol. The van der Waals surface area contributed by atoms with Crippen molar-refractivity contribution in [2.45, 2.75) is 38.8 Å². The summed E-state index contributed by atoms with van der Waals surface area (Å²) in [6, 6.07) is 0. The number of hydrogen-bond donors (Lipinski definition) is 0. The fraction of sp³-hybridized carbons (Fsp3) is 1.00. The maximum absolute atomic E-state index is 5.52. The van der Waals surface area contributed by atoms with Gasteiger partial charge in [0.25, 0.3) is 0 Å². The monoisotopic (exact) mass is 189 g/mol. The minimum atomic E-state index is -1.18. The molecule has 0 aliphatic rings. The molecular formula is C9H23NOSi. The molecule has 0 saturated heterocycles. The van der Waals surface area contributed by atoms with E-state index in [0.717, 1.165) is 6.54 Å². The molecule has 0 heterocycles. The molecule has 0 amide bonds. The Morgan fingerprint density at radius 2 is 1.83 bits per heavy atom. The average Bonchev–Trinajstić information content (AvgIpc) is 1.85. The Bertz CT molecular complexity index is 122. The maximum atomic E-state index is 5.52. The number of ether oxygens (including phenoxy) is 1. The Balaban J connectivity index is 4.14. The lowest BCUT2D eigenvalue weighted by molar-refractivity contribution is 0.0359. The van der Waals surface area contributed by atoms with Gasteiger partial charge in [0, 0.05) is 7.11 Å². The van der Waals surface area contributed by atoms with Crippen molar-refractivity contribution in [2.75, 3.05) is 20.7 Å². The van der Waals surface area contributed by atoms with E-state index in [9.17, 15) is 0 Å². The van der Waals surface area contributed by atoms with Crippen LogP contribution in [0.5, 0.6) is 0 Å². The lowest BCUT2D eigenvalue weighted by Crippen LogP contribution is -2.50. The van der Waals surface area contributed by atoms with Gasteiger partial charge in [0.2, 0.25) is 0 Å². The van der Waals surface area contributed by atoms with E-state index in [1.165, 1.54) is 6.42 Å². The van der Waals surface area contributed by atoms with Gasteiger partial charge >= 0.3 is 0 Å². The van der Waals surface area contributed by atoms with E-state index in [0.29, 0.717) is 5.85 Å². The molecule has 0 aromatic carbocycles. The van der Waals surface area contributed by atoms with Crippen LogP contribution < -0.4 is 0 Å². The standard InChI is InChI=1S/C9H23NOSi/c1-7-8-10(2)9(11-3)12(4,5)6/h9H,7-8H2,1-6H3. The molecule has 12 heavy (non-hydrogen) atoms. The highest BCUT2D eigenvalue weighted by atomic mass is 28.3. The molecule has 1 atom stereocenters. The third-order valence-electron chi connectivity index (χ3n) is 1.94. The highest BCUT2D eigenvalue weighted by Crippen LogP contribution is 2.13. The van der Waals surface area contributed by atoms with Gasteiger partial charge < -0.3 is 4.74 Å². The van der Waals surface area contributed by atoms with Crippen LogP contribution in [-0.2, 0) is 4.74 Å². The minimum absolute atomic E-state index is 0.359. The van der Waals surface area contributed by atoms with Gasteiger partial charge in [-0.15, -0.1) is 0 Å². The topological polar surface area (TPSA) is 12.5 Å². The normalized spacial score (nSPS) is 15.2. The third-order valence-corrected chi connectivity index (χ3v) is 4.10. The first-order valence-electron chi connectivity index (χ1n) is 4.66. The summed E-state index contributed by atoms with van der Waals surface area (Å²) in [6.45, 7) is 10.4. The molecule has 0 aromatic heterocycles. The van der Waals surface area contributed by atoms with Gasteiger partial charge in [-0.3, -0.25) is 4.90 Å². The van der Waals surface area contributed by atoms with E-state index in [1.807, 2.05) is 7.11 Å². The molecule has 1 unspecified atom stereocenters. The van der Waals surface area contributed by atoms with Crippen LogP contribution in [-0.4, -0.2) is 39.5 Å². The van der Waals surface area contributed by atoms with Crippen molar-refractivity contribution in [3.8, 4) is 0 Å². The predicted octanol–water partition coefficient (Wildman–Crippen LogP) is 2.18. The molecule has 0 aliphatic carbocycles. The lowest BCUT2D eigenvalue weighted by Gasteiger charge is -2.35. The van der Waals surface area contributed by atoms with Crippen molar-refractivity contribution in [3.05, 3.63) is 0 Å². The largest absolute Gasteiger partial charge is 0.370 e. The minimum Gasteiger partial charge on any atom is -0.370 e. The van der Waals surface area contributed by atoms with Crippen LogP contribution in [0.1, 0.15) is 13.3 Å². The van der Waals surface area contributed by atoms with Crippen LogP contribution in [0.4, 0.5) is 0 Å². The zero-order chi connectivity index (χ0) is 9.78. The maximum Gasteiger partial charge on any atom is 0.0970 e. The van der Waals surface area contributed by atoms with Crippen LogP contribution in [0, 0.1) is 0 Å². The highest BCUT2D eigenvalue weighted by molar-refractivity contribution is 6.77. The van der Waals surface area contributed by atoms with Crippen molar-refractivity contribution >= 4 is 8.07 Å². The summed E-state index contributed by atoms with van der Waals surface area (Å²) in [5.41, 5.74) is 0. The summed E-state index contributed by atoms with van der Waals surface area (Å²) in [6.07, 6.45) is 1.20. The summed E-state index contributed by atoms with van der Waals surface area (Å²) < 4.78 is 5.52. The first kappa shape index (κ1) is 12.1. The van der Waals surface area contributed by atoms with Crippen LogP contribution in [0.2, 0.25) is 19.6 Å². The molecule has 0 bridgehead atoms. The zero-order valence-corrected chi connectivity index (χ0v) is 10.3. The summed E-state index contributed by atoms with van der Waals surface area (Å²) in [5, 5.41) is 0. The van der Waals surface area contributed by atoms with E-state index in [2.05, 4.69) is 38.5 Å². The molecule has 0 fully saturated rings. The molecule has 0 saturated carbocycles. The Labute approximate surface area is 77.9 Å². The van der Waals surface area contributed by atoms with Gasteiger partial charge in [0.1, 0.15) is 0 Å². The molecule has 0 rings (SSSR count). The molecule has 3 heteroatoms. The Morgan fingerprint density at radius 1 is 1.33 bits per heavy atom. The fourth-order valence-electron chi connectivity index (χ4n) is 1.66. The first-order valence-corrected chi connectivity index (χ1v) is 8.24. The van der Waals surface area contributed by atoms with E-state index >= 15 is 0 Å². The van der Waals surface area contributed by atoms with Crippen LogP contribution in [0.15, 0.2) is 0 Å². The molecule has 0 aromatic rings. The Morgan fingerprint density at radius 3 is 2.08 bits per heavy atom. The second-order valence-corrected chi connectivity index (χ2v) is 9.66. The first-order chi connectivity index (χ1) is 5.43. The smallest absolute Gasteiger partial charge is 0.0970 e. The number of nitrogens with zero attached hydrogens (tertiary/aromatic N) is 1. The van der Waals surface area contributed by atoms with Crippen molar-refractivity contribution in [1.29, 1.82) is 0 Å². The quantitative estimate of drug-likeness (QED) is 0.485. The molecule has 0 radical (unpaired) electrons. The molecule has 74 valence electrons. The second kappa shape index (κ2) is 4.99. The van der Waals surface area contributed by atoms with E-state index in [-0.39, 0.29) is 0 Å². The number of rotatable bonds is 5. The second-order valence-electron chi connectivity index (χ2n) is 4.43. The number of hydrogen-bond acceptors (Lipinski definition) is 2. The highest BCUT2D eigenvalue weighted by Gasteiger charge is 2.29. The summed E-state index contributed by atoms with van der Waals surface area (Å²) >= 11 is 0. The van der Waals surface area contributed by atoms with Gasteiger partial charge in [-0.2, -0.15) is 0 Å². The summed E-state index contributed by atoms with van der Waals surface area (Å²) in [5.74, 6) is 0.359. The van der Waals surface area contributed by atoms with Gasteiger partial charge in [-0.05, 0) is 20.0 Å². The SMILES string of the molecule is CCCN(C)C(OC)[Si](C)(C)C. The van der Waals surface area contributed by atoms with Crippen LogP contribution in [0.3, 0.4) is 0 Å². The number of methoxy groups -OCH3 is 1. The van der Waals surface area contributed by atoms with Crippen LogP contribution >= 0.6 is 0 Å². The third kappa shape index (κ3) is 3.69. The Kier molecular flexibility index (Phi) is 5.05. The molecule has 0 aliphatic heterocycles. The fourth-order valence-corrected chi connectivity index (χ4v) is 3.82. The van der Waals surface area contributed by atoms with E-state index in [4.69, 9.17) is 4.74 Å². The van der Waals surface area contributed by atoms with Gasteiger partial charge in [0.15, 0.2) is 0 Å². The lowest BCUT2D eigenvalue weighted by atomic mass is 10.5. The molecule has 2 nitrogen and oxygen atoms in total. The van der Waals surface area contributed by atoms with Crippen molar-refractivity contribution in [3.63, 3.8) is 0 Å². The van der Waals surface area contributed by atoms with E-state index in [1.54, 1.807) is 0 Å². The van der Waals surface area contributed by atoms with Crippen LogP contribution in [0.25, 0.3) is 0 Å². The Hall–Kier alpha value is 0.137. The summed E-state index contributed by atoms with van der Waals surface area (Å²) in [4.78, 5) is 2.33. The van der Waals surface area contributed by atoms with Crippen molar-refractivity contribution in [2.24, 2.45) is 0 Å². The molecule has 0 N–H and O–H groups in total. The van der Waals surface area contributed by atoms with Crippen molar-refractivity contribution < 1.29 is 4.74 Å². The van der Waals surface area contributed by atoms with E-state index < -0.39 is 8.07 Å². The van der Waals surface area contributed by atoms with Gasteiger partial charge in [0.05, 0.1) is 13.9 Å². The van der Waals surface area contributed by atoms with Gasteiger partial charge in [-0.1, -0.05) is 26.6 Å².